The van der Waals surface area contributed by atoms with Crippen molar-refractivity contribution >= 4 is 28.8 Å². The summed E-state index contributed by atoms with van der Waals surface area (Å²) in [6.45, 7) is 3.87. The number of benzene rings is 2. The van der Waals surface area contributed by atoms with Gasteiger partial charge in [0.1, 0.15) is 5.82 Å². The fourth-order valence-corrected chi connectivity index (χ4v) is 3.56. The minimum absolute atomic E-state index is 0.171. The lowest BCUT2D eigenvalue weighted by atomic mass is 10.1. The van der Waals surface area contributed by atoms with Gasteiger partial charge in [0, 0.05) is 24.6 Å². The average molecular weight is 383 g/mol. The molecule has 1 saturated heterocycles. The Hall–Kier alpha value is -3.31. The van der Waals surface area contributed by atoms with Crippen LogP contribution in [0, 0.1) is 0 Å². The van der Waals surface area contributed by atoms with Crippen molar-refractivity contribution < 1.29 is 18.0 Å². The fourth-order valence-electron chi connectivity index (χ4n) is 3.56. The number of amides is 1. The zero-order chi connectivity index (χ0) is 19.9. The molecule has 1 amide bonds. The summed E-state index contributed by atoms with van der Waals surface area (Å²) >= 11 is 0. The maximum Gasteiger partial charge on any atom is 0.416 e. The van der Waals surface area contributed by atoms with Crippen LogP contribution in [0.4, 0.5) is 18.9 Å². The fraction of sp³-hybridized carbons (Fsp3) is 0.190. The van der Waals surface area contributed by atoms with E-state index in [2.05, 4.69) is 17.3 Å². The normalized spacial score (nSPS) is 17.2. The molecule has 1 atom stereocenters. The molecule has 0 saturated carbocycles. The summed E-state index contributed by atoms with van der Waals surface area (Å²) in [6.07, 6.45) is -2.63. The molecule has 0 radical (unpaired) electrons. The van der Waals surface area contributed by atoms with Crippen molar-refractivity contribution in [1.82, 2.24) is 9.55 Å². The standard InChI is InChI=1S/C21H16F3N3O/c1-2-10-26-18-9-4-3-8-17(18)25-20(26)14-11-19(28)27(13-14)16-7-5-6-15(12-16)21(22,23)24/h3-10,12,14H,1,11,13H2. The molecule has 1 unspecified atom stereocenters. The molecule has 1 fully saturated rings. The number of anilines is 1. The smallest absolute Gasteiger partial charge is 0.312 e. The molecule has 2 aromatic carbocycles. The Kier molecular flexibility index (Phi) is 4.32. The number of halogens is 3. The van der Waals surface area contributed by atoms with E-state index in [0.29, 0.717) is 5.82 Å². The first-order chi connectivity index (χ1) is 13.4. The van der Waals surface area contributed by atoms with Gasteiger partial charge in [0.05, 0.1) is 22.8 Å². The highest BCUT2D eigenvalue weighted by Gasteiger charge is 2.36. The summed E-state index contributed by atoms with van der Waals surface area (Å²) < 4.78 is 40.9. The number of para-hydroxylation sites is 2. The highest BCUT2D eigenvalue weighted by Crippen LogP contribution is 2.36. The van der Waals surface area contributed by atoms with Crippen LogP contribution in [0.5, 0.6) is 0 Å². The van der Waals surface area contributed by atoms with Crippen molar-refractivity contribution in [3.63, 3.8) is 0 Å². The Bertz CT molecular complexity index is 1110. The lowest BCUT2D eigenvalue weighted by Crippen LogP contribution is -2.25. The van der Waals surface area contributed by atoms with Gasteiger partial charge in [-0.3, -0.25) is 9.36 Å². The van der Waals surface area contributed by atoms with Crippen LogP contribution in [-0.2, 0) is 11.0 Å². The lowest BCUT2D eigenvalue weighted by molar-refractivity contribution is -0.137. The van der Waals surface area contributed by atoms with Crippen molar-refractivity contribution in [2.45, 2.75) is 18.5 Å². The van der Waals surface area contributed by atoms with E-state index in [1.165, 1.54) is 17.0 Å². The number of hydrogen-bond acceptors (Lipinski definition) is 2. The van der Waals surface area contributed by atoms with E-state index < -0.39 is 11.7 Å². The highest BCUT2D eigenvalue weighted by atomic mass is 19.4. The molecule has 0 aliphatic carbocycles. The maximum atomic E-state index is 13.0. The summed E-state index contributed by atoms with van der Waals surface area (Å²) in [5.74, 6) is 0.185. The topological polar surface area (TPSA) is 38.1 Å². The van der Waals surface area contributed by atoms with Gasteiger partial charge in [0.2, 0.25) is 5.91 Å². The van der Waals surface area contributed by atoms with Gasteiger partial charge in [0.15, 0.2) is 0 Å². The van der Waals surface area contributed by atoms with Crippen molar-refractivity contribution in [2.75, 3.05) is 11.4 Å². The molecule has 0 N–H and O–H groups in total. The zero-order valence-corrected chi connectivity index (χ0v) is 14.8. The van der Waals surface area contributed by atoms with Gasteiger partial charge in [-0.25, -0.2) is 4.98 Å². The molecule has 3 aromatic rings. The SMILES string of the molecule is C=C=Cn1c(C2CC(=O)N(c3cccc(C(F)(F)F)c3)C2)nc2ccccc21. The predicted octanol–water partition coefficient (Wildman–Crippen LogP) is 4.83. The summed E-state index contributed by atoms with van der Waals surface area (Å²) in [5.41, 5.74) is 3.83. The van der Waals surface area contributed by atoms with Crippen LogP contribution in [0.25, 0.3) is 17.2 Å². The van der Waals surface area contributed by atoms with Crippen molar-refractivity contribution in [3.05, 3.63) is 72.2 Å². The van der Waals surface area contributed by atoms with Gasteiger partial charge in [-0.05, 0) is 30.3 Å². The zero-order valence-electron chi connectivity index (χ0n) is 14.8. The van der Waals surface area contributed by atoms with E-state index in [1.54, 1.807) is 6.20 Å². The summed E-state index contributed by atoms with van der Waals surface area (Å²) in [5, 5.41) is 0. The van der Waals surface area contributed by atoms with Gasteiger partial charge in [-0.15, -0.1) is 5.73 Å². The number of hydrogen-bond donors (Lipinski definition) is 0. The monoisotopic (exact) mass is 383 g/mol. The Balaban J connectivity index is 1.71. The number of carbonyl (C=O) groups is 1. The van der Waals surface area contributed by atoms with Crippen LogP contribution in [0.3, 0.4) is 0 Å². The number of aromatic nitrogens is 2. The van der Waals surface area contributed by atoms with Crippen LogP contribution in [0.15, 0.2) is 60.8 Å². The second-order valence-electron chi connectivity index (χ2n) is 6.62. The largest absolute Gasteiger partial charge is 0.416 e. The molecular weight excluding hydrogens is 367 g/mol. The number of fused-ring (bicyclic) bond motifs is 1. The van der Waals surface area contributed by atoms with E-state index in [4.69, 9.17) is 0 Å². The van der Waals surface area contributed by atoms with Crippen LogP contribution in [0.2, 0.25) is 0 Å². The van der Waals surface area contributed by atoms with Crippen molar-refractivity contribution in [3.8, 4) is 0 Å². The van der Waals surface area contributed by atoms with E-state index in [0.717, 1.165) is 23.2 Å². The van der Waals surface area contributed by atoms with Crippen LogP contribution >= 0.6 is 0 Å². The number of alkyl halides is 3. The molecule has 4 rings (SSSR count). The third kappa shape index (κ3) is 3.10. The molecule has 142 valence electrons. The van der Waals surface area contributed by atoms with E-state index in [1.807, 2.05) is 28.8 Å². The van der Waals surface area contributed by atoms with Crippen molar-refractivity contribution in [2.24, 2.45) is 0 Å². The first-order valence-corrected chi connectivity index (χ1v) is 8.69. The molecule has 1 aromatic heterocycles. The van der Waals surface area contributed by atoms with Crippen LogP contribution in [0.1, 0.15) is 23.7 Å². The first kappa shape index (κ1) is 18.1. The molecule has 2 heterocycles. The maximum absolute atomic E-state index is 13.0. The van der Waals surface area contributed by atoms with Gasteiger partial charge in [-0.1, -0.05) is 24.8 Å². The Labute approximate surface area is 159 Å². The molecule has 1 aliphatic heterocycles. The third-order valence-corrected chi connectivity index (χ3v) is 4.82. The van der Waals surface area contributed by atoms with Crippen LogP contribution < -0.4 is 4.90 Å². The minimum atomic E-state index is -4.46. The Morgan fingerprint density at radius 2 is 1.96 bits per heavy atom. The highest BCUT2D eigenvalue weighted by molar-refractivity contribution is 5.96. The van der Waals surface area contributed by atoms with Gasteiger partial charge >= 0.3 is 6.18 Å². The lowest BCUT2D eigenvalue weighted by Gasteiger charge is -2.18. The molecular formula is C21H16F3N3O. The van der Waals surface area contributed by atoms with Gasteiger partial charge in [-0.2, -0.15) is 13.2 Å². The molecule has 4 nitrogen and oxygen atoms in total. The molecule has 0 bridgehead atoms. The molecule has 7 heteroatoms. The van der Waals surface area contributed by atoms with E-state index >= 15 is 0 Å². The summed E-state index contributed by atoms with van der Waals surface area (Å²) in [6, 6.07) is 12.4. The Morgan fingerprint density at radius 3 is 2.71 bits per heavy atom. The van der Waals surface area contributed by atoms with E-state index in [9.17, 15) is 18.0 Å². The van der Waals surface area contributed by atoms with Crippen molar-refractivity contribution in [1.29, 1.82) is 0 Å². The second kappa shape index (κ2) is 6.69. The first-order valence-electron chi connectivity index (χ1n) is 8.69. The number of rotatable bonds is 3. The van der Waals surface area contributed by atoms with Gasteiger partial charge in [0.25, 0.3) is 0 Å². The number of nitrogens with zero attached hydrogens (tertiary/aromatic N) is 3. The second-order valence-corrected chi connectivity index (χ2v) is 6.62. The quantitative estimate of drug-likeness (QED) is 0.608. The molecule has 1 aliphatic rings. The Morgan fingerprint density at radius 1 is 1.18 bits per heavy atom. The summed E-state index contributed by atoms with van der Waals surface area (Å²) in [7, 11) is 0. The average Bonchev–Trinajstić information content (AvgIpc) is 3.22. The molecule has 0 spiro atoms. The number of carbonyl (C=O) groups excluding carboxylic acids is 1. The van der Waals surface area contributed by atoms with Gasteiger partial charge < -0.3 is 4.90 Å². The minimum Gasteiger partial charge on any atom is -0.312 e. The third-order valence-electron chi connectivity index (χ3n) is 4.82. The van der Waals surface area contributed by atoms with Crippen LogP contribution in [-0.4, -0.2) is 22.0 Å². The number of imidazole rings is 1. The van der Waals surface area contributed by atoms with E-state index in [-0.39, 0.29) is 30.5 Å². The predicted molar refractivity (Wildman–Crippen MR) is 101 cm³/mol. The molecule has 28 heavy (non-hydrogen) atoms. The summed E-state index contributed by atoms with van der Waals surface area (Å²) in [4.78, 5) is 18.6.